The molecule has 4 nitrogen and oxygen atoms in total. The molecule has 0 saturated heterocycles. The zero-order valence-corrected chi connectivity index (χ0v) is 13.5. The molecule has 2 saturated carbocycles. The summed E-state index contributed by atoms with van der Waals surface area (Å²) in [5.41, 5.74) is 0. The van der Waals surface area contributed by atoms with Gasteiger partial charge in [0.05, 0.1) is 24.9 Å². The Hall–Kier alpha value is -0.160. The second-order valence-electron chi connectivity index (χ2n) is 6.84. The number of hydrogen-bond acceptors (Lipinski definition) is 4. The highest BCUT2D eigenvalue weighted by Gasteiger charge is 2.26. The standard InChI is InChI=1S/C17H33NO3/c1-2-13-7-3-6-10-17(13)21-12-14(19)11-18-15-8-4-5-9-16(15)20/h13-20H,2-12H2,1H3. The fraction of sp³-hybridized carbons (Fsp3) is 1.00. The second kappa shape index (κ2) is 9.09. The van der Waals surface area contributed by atoms with Crippen molar-refractivity contribution < 1.29 is 14.9 Å². The number of aliphatic hydroxyl groups excluding tert-OH is 2. The first-order valence-corrected chi connectivity index (χ1v) is 8.91. The van der Waals surface area contributed by atoms with Crippen molar-refractivity contribution in [3.8, 4) is 0 Å². The Bertz CT molecular complexity index is 287. The van der Waals surface area contributed by atoms with Crippen LogP contribution < -0.4 is 5.32 Å². The first kappa shape index (κ1) is 17.2. The molecule has 2 fully saturated rings. The van der Waals surface area contributed by atoms with E-state index in [-0.39, 0.29) is 12.1 Å². The van der Waals surface area contributed by atoms with Gasteiger partial charge in [0.2, 0.25) is 0 Å². The van der Waals surface area contributed by atoms with Gasteiger partial charge in [0.1, 0.15) is 0 Å². The normalized spacial score (nSPS) is 35.6. The van der Waals surface area contributed by atoms with Crippen molar-refractivity contribution in [1.29, 1.82) is 0 Å². The van der Waals surface area contributed by atoms with Crippen molar-refractivity contribution in [2.45, 2.75) is 89.1 Å². The van der Waals surface area contributed by atoms with E-state index in [1.54, 1.807) is 0 Å². The maximum atomic E-state index is 10.1. The lowest BCUT2D eigenvalue weighted by molar-refractivity contribution is -0.0515. The number of ether oxygens (including phenoxy) is 1. The van der Waals surface area contributed by atoms with Crippen LogP contribution in [0.2, 0.25) is 0 Å². The zero-order chi connectivity index (χ0) is 15.1. The molecule has 2 aliphatic carbocycles. The van der Waals surface area contributed by atoms with Crippen LogP contribution in [-0.4, -0.2) is 47.7 Å². The van der Waals surface area contributed by atoms with Crippen LogP contribution in [0.3, 0.4) is 0 Å². The first-order chi connectivity index (χ1) is 10.2. The lowest BCUT2D eigenvalue weighted by atomic mass is 9.85. The van der Waals surface area contributed by atoms with Crippen LogP contribution in [0.25, 0.3) is 0 Å². The van der Waals surface area contributed by atoms with Gasteiger partial charge >= 0.3 is 0 Å². The summed E-state index contributed by atoms with van der Waals surface area (Å²) in [5, 5.41) is 23.3. The molecule has 0 spiro atoms. The molecule has 3 N–H and O–H groups in total. The fourth-order valence-electron chi connectivity index (χ4n) is 3.79. The van der Waals surface area contributed by atoms with Crippen LogP contribution in [0.15, 0.2) is 0 Å². The van der Waals surface area contributed by atoms with E-state index in [0.717, 1.165) is 25.7 Å². The van der Waals surface area contributed by atoms with Gasteiger partial charge in [0.15, 0.2) is 0 Å². The third-order valence-corrected chi connectivity index (χ3v) is 5.21. The van der Waals surface area contributed by atoms with E-state index in [2.05, 4.69) is 12.2 Å². The van der Waals surface area contributed by atoms with E-state index in [4.69, 9.17) is 4.74 Å². The summed E-state index contributed by atoms with van der Waals surface area (Å²) in [6, 6.07) is 0.145. The second-order valence-corrected chi connectivity index (χ2v) is 6.84. The van der Waals surface area contributed by atoms with Crippen LogP contribution in [0.1, 0.15) is 64.7 Å². The summed E-state index contributed by atoms with van der Waals surface area (Å²) < 4.78 is 5.96. The van der Waals surface area contributed by atoms with Crippen molar-refractivity contribution in [1.82, 2.24) is 5.32 Å². The Morgan fingerprint density at radius 2 is 1.81 bits per heavy atom. The van der Waals surface area contributed by atoms with Crippen LogP contribution in [0.4, 0.5) is 0 Å². The summed E-state index contributed by atoms with van der Waals surface area (Å²) in [7, 11) is 0. The van der Waals surface area contributed by atoms with Gasteiger partial charge in [-0.3, -0.25) is 0 Å². The highest BCUT2D eigenvalue weighted by Crippen LogP contribution is 2.29. The van der Waals surface area contributed by atoms with Gasteiger partial charge in [-0.05, 0) is 31.6 Å². The van der Waals surface area contributed by atoms with Crippen LogP contribution in [0.5, 0.6) is 0 Å². The van der Waals surface area contributed by atoms with Gasteiger partial charge in [-0.1, -0.05) is 39.0 Å². The SMILES string of the molecule is CCC1CCCCC1OCC(O)CNC1CCCCC1O. The first-order valence-electron chi connectivity index (χ1n) is 8.91. The fourth-order valence-corrected chi connectivity index (χ4v) is 3.79. The van der Waals surface area contributed by atoms with Gasteiger partial charge in [-0.15, -0.1) is 0 Å². The monoisotopic (exact) mass is 299 g/mol. The van der Waals surface area contributed by atoms with Crippen molar-refractivity contribution in [3.05, 3.63) is 0 Å². The highest BCUT2D eigenvalue weighted by molar-refractivity contribution is 4.81. The van der Waals surface area contributed by atoms with Crippen LogP contribution >= 0.6 is 0 Å². The maximum Gasteiger partial charge on any atom is 0.0897 e. The summed E-state index contributed by atoms with van der Waals surface area (Å²) >= 11 is 0. The quantitative estimate of drug-likeness (QED) is 0.674. The Kier molecular flexibility index (Phi) is 7.44. The largest absolute Gasteiger partial charge is 0.392 e. The van der Waals surface area contributed by atoms with Crippen molar-refractivity contribution >= 4 is 0 Å². The van der Waals surface area contributed by atoms with E-state index in [1.165, 1.54) is 32.1 Å². The van der Waals surface area contributed by atoms with Gasteiger partial charge in [0.25, 0.3) is 0 Å². The lowest BCUT2D eigenvalue weighted by Crippen LogP contribution is -2.46. The molecule has 0 aliphatic heterocycles. The van der Waals surface area contributed by atoms with Crippen LogP contribution in [0, 0.1) is 5.92 Å². The minimum absolute atomic E-state index is 0.145. The molecule has 0 bridgehead atoms. The molecule has 0 aromatic carbocycles. The van der Waals surface area contributed by atoms with Gasteiger partial charge in [0, 0.05) is 12.6 Å². The van der Waals surface area contributed by atoms with Gasteiger partial charge < -0.3 is 20.3 Å². The highest BCUT2D eigenvalue weighted by atomic mass is 16.5. The predicted molar refractivity (Wildman–Crippen MR) is 84.3 cm³/mol. The summed E-state index contributed by atoms with van der Waals surface area (Å²) in [6.45, 7) is 3.16. The summed E-state index contributed by atoms with van der Waals surface area (Å²) in [5.74, 6) is 0.666. The molecule has 124 valence electrons. The van der Waals surface area contributed by atoms with E-state index < -0.39 is 6.10 Å². The van der Waals surface area contributed by atoms with Crippen molar-refractivity contribution in [2.75, 3.05) is 13.2 Å². The third kappa shape index (κ3) is 5.51. The molecule has 5 unspecified atom stereocenters. The van der Waals surface area contributed by atoms with E-state index >= 15 is 0 Å². The third-order valence-electron chi connectivity index (χ3n) is 5.21. The molecule has 0 radical (unpaired) electrons. The van der Waals surface area contributed by atoms with E-state index in [0.29, 0.717) is 25.2 Å². The number of aliphatic hydroxyl groups is 2. The number of nitrogens with one attached hydrogen (secondary N) is 1. The molecular formula is C17H33NO3. The Labute approximate surface area is 129 Å². The van der Waals surface area contributed by atoms with Crippen LogP contribution in [-0.2, 0) is 4.74 Å². The zero-order valence-electron chi connectivity index (χ0n) is 13.5. The van der Waals surface area contributed by atoms with Gasteiger partial charge in [-0.25, -0.2) is 0 Å². The summed E-state index contributed by atoms with van der Waals surface area (Å²) in [4.78, 5) is 0. The minimum atomic E-state index is -0.474. The maximum absolute atomic E-state index is 10.1. The van der Waals surface area contributed by atoms with E-state index in [9.17, 15) is 10.2 Å². The Morgan fingerprint density at radius 3 is 2.57 bits per heavy atom. The molecule has 0 aromatic rings. The van der Waals surface area contributed by atoms with Crippen molar-refractivity contribution in [3.63, 3.8) is 0 Å². The molecule has 0 aromatic heterocycles. The predicted octanol–water partition coefficient (Wildman–Crippen LogP) is 2.23. The molecule has 0 heterocycles. The molecule has 21 heavy (non-hydrogen) atoms. The number of hydrogen-bond donors (Lipinski definition) is 3. The minimum Gasteiger partial charge on any atom is -0.392 e. The topological polar surface area (TPSA) is 61.7 Å². The lowest BCUT2D eigenvalue weighted by Gasteiger charge is -2.32. The average Bonchev–Trinajstić information content (AvgIpc) is 2.52. The Balaban J connectivity index is 1.63. The Morgan fingerprint density at radius 1 is 1.10 bits per heavy atom. The van der Waals surface area contributed by atoms with E-state index in [1.807, 2.05) is 0 Å². The number of rotatable bonds is 7. The molecule has 2 rings (SSSR count). The molecule has 0 amide bonds. The van der Waals surface area contributed by atoms with Crippen molar-refractivity contribution in [2.24, 2.45) is 5.92 Å². The average molecular weight is 299 g/mol. The molecule has 2 aliphatic rings. The smallest absolute Gasteiger partial charge is 0.0897 e. The van der Waals surface area contributed by atoms with Gasteiger partial charge in [-0.2, -0.15) is 0 Å². The molecule has 5 atom stereocenters. The molecular weight excluding hydrogens is 266 g/mol. The summed E-state index contributed by atoms with van der Waals surface area (Å²) in [6.07, 6.45) is 9.93. The molecule has 4 heteroatoms.